The Morgan fingerprint density at radius 3 is 2.50 bits per heavy atom. The first kappa shape index (κ1) is 14.3. The predicted molar refractivity (Wildman–Crippen MR) is 74.0 cm³/mol. The molecule has 2 aliphatic rings. The highest BCUT2D eigenvalue weighted by Gasteiger charge is 2.24. The highest BCUT2D eigenvalue weighted by Crippen LogP contribution is 2.24. The van der Waals surface area contributed by atoms with E-state index in [4.69, 9.17) is 0 Å². The fourth-order valence-electron chi connectivity index (χ4n) is 3.09. The van der Waals surface area contributed by atoms with Gasteiger partial charge in [-0.3, -0.25) is 0 Å². The lowest BCUT2D eigenvalue weighted by Gasteiger charge is -2.23. The monoisotopic (exact) mass is 274 g/mol. The summed E-state index contributed by atoms with van der Waals surface area (Å²) in [4.78, 5) is 0. The molecule has 1 saturated heterocycles. The van der Waals surface area contributed by atoms with Crippen molar-refractivity contribution in [3.05, 3.63) is 0 Å². The fraction of sp³-hybridized carbons (Fsp3) is 1.00. The summed E-state index contributed by atoms with van der Waals surface area (Å²) in [7, 11) is -3.09. The van der Waals surface area contributed by atoms with Crippen molar-refractivity contribution in [2.24, 2.45) is 5.92 Å². The molecule has 2 fully saturated rings. The molecule has 1 aliphatic carbocycles. The molecular formula is C13H26N2O2S. The molecule has 5 heteroatoms. The van der Waals surface area contributed by atoms with Crippen LogP contribution in [0.1, 0.15) is 51.4 Å². The van der Waals surface area contributed by atoms with Crippen molar-refractivity contribution in [3.63, 3.8) is 0 Å². The molecular weight excluding hydrogens is 248 g/mol. The standard InChI is InChI=1S/C13H26N2O2S/c16-18(17,11-12-6-2-1-3-7-12)15-13-8-4-5-9-14-10-13/h12-15H,1-11H2. The minimum absolute atomic E-state index is 0.0982. The van der Waals surface area contributed by atoms with E-state index in [1.807, 2.05) is 0 Å². The third-order valence-corrected chi connectivity index (χ3v) is 5.68. The van der Waals surface area contributed by atoms with E-state index >= 15 is 0 Å². The van der Waals surface area contributed by atoms with Gasteiger partial charge in [0.15, 0.2) is 0 Å². The first-order valence-electron chi connectivity index (χ1n) is 7.36. The van der Waals surface area contributed by atoms with E-state index < -0.39 is 10.0 Å². The van der Waals surface area contributed by atoms with Gasteiger partial charge >= 0.3 is 0 Å². The van der Waals surface area contributed by atoms with Crippen LogP contribution in [0.3, 0.4) is 0 Å². The Bertz CT molecular complexity index is 329. The van der Waals surface area contributed by atoms with Crippen molar-refractivity contribution in [3.8, 4) is 0 Å². The second-order valence-electron chi connectivity index (χ2n) is 5.80. The van der Waals surface area contributed by atoms with Gasteiger partial charge in [0.25, 0.3) is 0 Å². The summed E-state index contributed by atoms with van der Waals surface area (Å²) in [6, 6.07) is 0.0982. The zero-order valence-corrected chi connectivity index (χ0v) is 12.0. The van der Waals surface area contributed by atoms with E-state index in [0.29, 0.717) is 11.7 Å². The number of nitrogens with one attached hydrogen (secondary N) is 2. The van der Waals surface area contributed by atoms with Crippen LogP contribution >= 0.6 is 0 Å². The van der Waals surface area contributed by atoms with Crippen molar-refractivity contribution >= 4 is 10.0 Å². The molecule has 106 valence electrons. The van der Waals surface area contributed by atoms with E-state index in [1.165, 1.54) is 19.3 Å². The maximum atomic E-state index is 12.1. The van der Waals surface area contributed by atoms with Crippen molar-refractivity contribution in [1.82, 2.24) is 10.0 Å². The Balaban J connectivity index is 1.81. The van der Waals surface area contributed by atoms with Crippen molar-refractivity contribution < 1.29 is 8.42 Å². The van der Waals surface area contributed by atoms with Crippen LogP contribution in [0.2, 0.25) is 0 Å². The van der Waals surface area contributed by atoms with E-state index in [-0.39, 0.29) is 6.04 Å². The van der Waals surface area contributed by atoms with Crippen LogP contribution in [0.5, 0.6) is 0 Å². The molecule has 1 heterocycles. The van der Waals surface area contributed by atoms with Crippen LogP contribution in [0.4, 0.5) is 0 Å². The largest absolute Gasteiger partial charge is 0.315 e. The summed E-state index contributed by atoms with van der Waals surface area (Å²) in [5.74, 6) is 0.721. The molecule has 1 saturated carbocycles. The van der Waals surface area contributed by atoms with E-state index in [2.05, 4.69) is 10.0 Å². The van der Waals surface area contributed by atoms with E-state index in [1.54, 1.807) is 0 Å². The smallest absolute Gasteiger partial charge is 0.212 e. The van der Waals surface area contributed by atoms with E-state index in [0.717, 1.165) is 45.2 Å². The molecule has 1 atom stereocenters. The van der Waals surface area contributed by atoms with Crippen LogP contribution in [0.15, 0.2) is 0 Å². The quantitative estimate of drug-likeness (QED) is 0.819. The van der Waals surface area contributed by atoms with Crippen LogP contribution in [0, 0.1) is 5.92 Å². The molecule has 18 heavy (non-hydrogen) atoms. The minimum atomic E-state index is -3.09. The zero-order valence-electron chi connectivity index (χ0n) is 11.2. The molecule has 0 aromatic heterocycles. The lowest BCUT2D eigenvalue weighted by Crippen LogP contribution is -2.43. The summed E-state index contributed by atoms with van der Waals surface area (Å²) >= 11 is 0. The first-order valence-corrected chi connectivity index (χ1v) is 9.02. The van der Waals surface area contributed by atoms with Crippen molar-refractivity contribution in [2.45, 2.75) is 57.4 Å². The molecule has 1 unspecified atom stereocenters. The Kier molecular flexibility index (Phi) is 5.45. The van der Waals surface area contributed by atoms with E-state index in [9.17, 15) is 8.42 Å². The molecule has 0 bridgehead atoms. The fourth-order valence-corrected chi connectivity index (χ4v) is 4.85. The number of sulfonamides is 1. The van der Waals surface area contributed by atoms with Crippen LogP contribution in [-0.4, -0.2) is 33.3 Å². The first-order chi connectivity index (χ1) is 8.66. The normalized spacial score (nSPS) is 27.9. The van der Waals surface area contributed by atoms with Gasteiger partial charge in [0.05, 0.1) is 5.75 Å². The van der Waals surface area contributed by atoms with Crippen LogP contribution in [0.25, 0.3) is 0 Å². The Hall–Kier alpha value is -0.130. The van der Waals surface area contributed by atoms with Crippen LogP contribution in [-0.2, 0) is 10.0 Å². The van der Waals surface area contributed by atoms with Gasteiger partial charge in [-0.15, -0.1) is 0 Å². The maximum absolute atomic E-state index is 12.1. The molecule has 0 amide bonds. The summed E-state index contributed by atoms with van der Waals surface area (Å²) < 4.78 is 27.2. The van der Waals surface area contributed by atoms with Gasteiger partial charge in [-0.1, -0.05) is 25.7 Å². The summed E-state index contributed by atoms with van der Waals surface area (Å²) in [6.07, 6.45) is 9.09. The van der Waals surface area contributed by atoms with Gasteiger partial charge in [0, 0.05) is 12.6 Å². The average Bonchev–Trinajstić information content (AvgIpc) is 2.57. The topological polar surface area (TPSA) is 58.2 Å². The molecule has 2 rings (SSSR count). The molecule has 0 aromatic rings. The van der Waals surface area contributed by atoms with Gasteiger partial charge in [-0.2, -0.15) is 0 Å². The molecule has 0 aromatic carbocycles. The van der Waals surface area contributed by atoms with Gasteiger partial charge in [0.2, 0.25) is 10.0 Å². The third kappa shape index (κ3) is 4.86. The van der Waals surface area contributed by atoms with Gasteiger partial charge in [0.1, 0.15) is 0 Å². The van der Waals surface area contributed by atoms with Gasteiger partial charge < -0.3 is 5.32 Å². The maximum Gasteiger partial charge on any atom is 0.212 e. The Morgan fingerprint density at radius 2 is 1.72 bits per heavy atom. The predicted octanol–water partition coefficient (Wildman–Crippen LogP) is 1.63. The lowest BCUT2D eigenvalue weighted by atomic mass is 9.91. The van der Waals surface area contributed by atoms with Crippen molar-refractivity contribution in [2.75, 3.05) is 18.8 Å². The number of rotatable bonds is 4. The summed E-state index contributed by atoms with van der Waals surface area (Å²) in [5.41, 5.74) is 0. The third-order valence-electron chi connectivity index (χ3n) is 4.07. The average molecular weight is 274 g/mol. The molecule has 0 spiro atoms. The zero-order chi connectivity index (χ0) is 12.8. The second kappa shape index (κ2) is 6.87. The number of hydrogen-bond acceptors (Lipinski definition) is 3. The van der Waals surface area contributed by atoms with Crippen molar-refractivity contribution in [1.29, 1.82) is 0 Å². The Labute approximate surface area is 111 Å². The highest BCUT2D eigenvalue weighted by atomic mass is 32.2. The molecule has 2 N–H and O–H groups in total. The van der Waals surface area contributed by atoms with Crippen LogP contribution < -0.4 is 10.0 Å². The van der Waals surface area contributed by atoms with Gasteiger partial charge in [-0.05, 0) is 38.1 Å². The van der Waals surface area contributed by atoms with Gasteiger partial charge in [-0.25, -0.2) is 13.1 Å². The SMILES string of the molecule is O=S(=O)(CC1CCCCC1)NC1CCCCNC1. The molecule has 1 aliphatic heterocycles. The highest BCUT2D eigenvalue weighted by molar-refractivity contribution is 7.89. The molecule has 4 nitrogen and oxygen atoms in total. The lowest BCUT2D eigenvalue weighted by molar-refractivity contribution is 0.382. The number of hydrogen-bond donors (Lipinski definition) is 2. The minimum Gasteiger partial charge on any atom is -0.315 e. The Morgan fingerprint density at radius 1 is 1.00 bits per heavy atom. The second-order valence-corrected chi connectivity index (χ2v) is 7.60. The summed E-state index contributed by atoms with van der Waals surface area (Å²) in [6.45, 7) is 1.80. The molecule has 0 radical (unpaired) electrons. The summed E-state index contributed by atoms with van der Waals surface area (Å²) in [5, 5.41) is 3.30.